The third kappa shape index (κ3) is 21.0. The Hall–Kier alpha value is -0.0419. The van der Waals surface area contributed by atoms with Crippen molar-refractivity contribution in [2.45, 2.75) is 39.4 Å². The number of hydrogen-bond acceptors (Lipinski definition) is 1. The first-order valence-corrected chi connectivity index (χ1v) is 13.1. The Morgan fingerprint density at radius 3 is 1.41 bits per heavy atom. The fourth-order valence-corrected chi connectivity index (χ4v) is 1.90. The number of nitrogens with one attached hydrogen (secondary N) is 1. The molecule has 29 heavy (non-hydrogen) atoms. The van der Waals surface area contributed by atoms with E-state index in [9.17, 15) is 0 Å². The summed E-state index contributed by atoms with van der Waals surface area (Å²) in [5.41, 5.74) is 6.69. The van der Waals surface area contributed by atoms with Crippen molar-refractivity contribution in [3.05, 3.63) is 74.7 Å². The molecule has 2 nitrogen and oxygen atoms in total. The molecule has 0 aromatic heterocycles. The Morgan fingerprint density at radius 2 is 1.17 bits per heavy atom. The van der Waals surface area contributed by atoms with Crippen molar-refractivity contribution in [3.8, 4) is 0 Å². The van der Waals surface area contributed by atoms with E-state index in [1.165, 1.54) is 21.5 Å². The van der Waals surface area contributed by atoms with Gasteiger partial charge in [0.2, 0.25) is 0 Å². The number of hydrogen-bond donors (Lipinski definition) is 1. The summed E-state index contributed by atoms with van der Waals surface area (Å²) in [6, 6.07) is 19.3. The fraction of sp³-hybridized carbons (Fsp3) is 0.318. The van der Waals surface area contributed by atoms with Crippen molar-refractivity contribution in [2.75, 3.05) is 6.61 Å². The standard InChI is InChI=1S/C13H9.C4H10N.C2H5O.C2H6Si.CH3.2ClH.Si.Ti/c1-3-7-12-10(5-1)9-11-6-2-4-8-13(11)12;1-4(2,3)5;1-2-3;1-3-2;;;;;/h1-9H;5H,1-3H3;3H,1-2H2;1-2H3;1H3;2*1H;;/q3*-1;;-1;;;;. The quantitative estimate of drug-likeness (QED) is 0.259. The topological polar surface area (TPSA) is 44.0 Å². The molecular formula is C22H35Cl2NOSi2Ti-4. The van der Waals surface area contributed by atoms with E-state index in [0.29, 0.717) is 0 Å². The Balaban J connectivity index is -0.000000104. The molecule has 0 bridgehead atoms. The van der Waals surface area contributed by atoms with Crippen LogP contribution in [0.5, 0.6) is 0 Å². The molecule has 7 heteroatoms. The first-order valence-electron chi connectivity index (χ1n) is 8.30. The van der Waals surface area contributed by atoms with Crippen molar-refractivity contribution in [1.82, 2.24) is 0 Å². The van der Waals surface area contributed by atoms with Gasteiger partial charge in [0.05, 0.1) is 0 Å². The minimum absolute atomic E-state index is 0. The Labute approximate surface area is 207 Å². The molecule has 2 N–H and O–H groups in total. The van der Waals surface area contributed by atoms with Crippen LogP contribution in [-0.2, 0) is 19.2 Å². The molecule has 0 aliphatic heterocycles. The van der Waals surface area contributed by atoms with Gasteiger partial charge in [-0.25, -0.2) is 0 Å². The molecule has 0 fully saturated rings. The van der Waals surface area contributed by atoms with Crippen LogP contribution >= 0.6 is 24.8 Å². The Kier molecular flexibility index (Phi) is 32.9. The molecule has 3 rings (SSSR count). The van der Waals surface area contributed by atoms with E-state index in [1.54, 1.807) is 19.2 Å². The van der Waals surface area contributed by atoms with Crippen LogP contribution in [-0.4, -0.2) is 34.4 Å². The van der Waals surface area contributed by atoms with E-state index >= 15 is 0 Å². The van der Waals surface area contributed by atoms with Gasteiger partial charge in [-0.05, 0) is 0 Å². The second-order valence-electron chi connectivity index (χ2n) is 6.29. The van der Waals surface area contributed by atoms with Gasteiger partial charge in [0, 0.05) is 9.52 Å². The van der Waals surface area contributed by atoms with Crippen LogP contribution < -0.4 is 0 Å². The van der Waals surface area contributed by atoms with Gasteiger partial charge >= 0.3 is 26.8 Å². The molecule has 3 aromatic rings. The predicted molar refractivity (Wildman–Crippen MR) is 138 cm³/mol. The number of aliphatic hydroxyl groups excluding tert-OH is 1. The van der Waals surface area contributed by atoms with Crippen LogP contribution in [0.25, 0.3) is 27.3 Å². The first-order chi connectivity index (χ1) is 12.3. The van der Waals surface area contributed by atoms with E-state index in [2.05, 4.69) is 82.2 Å². The van der Waals surface area contributed by atoms with E-state index in [4.69, 9.17) is 10.8 Å². The largest absolute Gasteiger partial charge is 0.126 e. The van der Waals surface area contributed by atoms with Crippen molar-refractivity contribution < 1.29 is 24.3 Å². The number of aliphatic hydroxyl groups is 1. The predicted octanol–water partition coefficient (Wildman–Crippen LogP) is 7.06. The summed E-state index contributed by atoms with van der Waals surface area (Å²) in [7, 11) is 4.06. The third-order valence-electron chi connectivity index (χ3n) is 2.52. The summed E-state index contributed by atoms with van der Waals surface area (Å²) < 4.78 is 0. The number of rotatable bonds is 0. The zero-order valence-electron chi connectivity index (χ0n) is 18.4. The van der Waals surface area contributed by atoms with Crippen LogP contribution in [0.2, 0.25) is 13.1 Å². The average Bonchev–Trinajstić information content (AvgIpc) is 2.95. The van der Waals surface area contributed by atoms with Crippen LogP contribution in [0.15, 0.2) is 54.6 Å². The summed E-state index contributed by atoms with van der Waals surface area (Å²) in [6.45, 7) is 12.9. The normalized spacial score (nSPS) is 8.38. The monoisotopic (exact) mass is 503 g/mol. The van der Waals surface area contributed by atoms with Crippen LogP contribution in [0.3, 0.4) is 0 Å². The maximum atomic E-state index is 7.46. The maximum absolute atomic E-state index is 7.46. The molecule has 0 aliphatic carbocycles. The van der Waals surface area contributed by atoms with Crippen molar-refractivity contribution >= 4 is 63.5 Å². The SMILES string of the molecule is CC(C)(C)[NH-].C[Si]C.Cl.Cl.[CH2-]CO.[CH3-].[Si]=[Ti].c1ccc2c(c1)[cH-]c1ccccc12. The summed E-state index contributed by atoms with van der Waals surface area (Å²) in [5, 5.41) is 12.9. The molecule has 0 unspecified atom stereocenters. The molecule has 0 amide bonds. The van der Waals surface area contributed by atoms with Gasteiger partial charge in [0.15, 0.2) is 0 Å². The smallest absolute Gasteiger partial charge is 0.0771 e. The molecule has 0 spiro atoms. The molecule has 0 aliphatic rings. The number of benzene rings is 2. The first kappa shape index (κ1) is 39.4. The van der Waals surface area contributed by atoms with Gasteiger partial charge in [0.25, 0.3) is 0 Å². The molecule has 4 radical (unpaired) electrons. The van der Waals surface area contributed by atoms with E-state index in [1.807, 2.05) is 20.8 Å². The minimum Gasteiger partial charge on any atom is -0.126 e. The zero-order valence-corrected chi connectivity index (χ0v) is 23.6. The number of fused-ring (bicyclic) bond motifs is 3. The summed E-state index contributed by atoms with van der Waals surface area (Å²) in [6.07, 6.45) is 0. The van der Waals surface area contributed by atoms with Gasteiger partial charge in [-0.3, -0.25) is 0 Å². The molecule has 0 atom stereocenters. The molecule has 3 aromatic carbocycles. The second kappa shape index (κ2) is 24.2. The van der Waals surface area contributed by atoms with Crippen LogP contribution in [0.1, 0.15) is 20.8 Å². The van der Waals surface area contributed by atoms with E-state index in [-0.39, 0.29) is 44.4 Å². The Bertz CT molecular complexity index is 660. The molecular weight excluding hydrogens is 469 g/mol. The van der Waals surface area contributed by atoms with Crippen molar-refractivity contribution in [2.24, 2.45) is 0 Å². The fourth-order valence-electron chi connectivity index (χ4n) is 1.90. The van der Waals surface area contributed by atoms with Gasteiger partial charge in [-0.2, -0.15) is 0 Å². The Morgan fingerprint density at radius 1 is 0.966 bits per heavy atom. The maximum Gasteiger partial charge on any atom is -0.0771 e. The second-order valence-corrected chi connectivity index (χ2v) is 7.29. The van der Waals surface area contributed by atoms with E-state index < -0.39 is 0 Å². The van der Waals surface area contributed by atoms with Crippen molar-refractivity contribution in [1.29, 1.82) is 0 Å². The summed E-state index contributed by atoms with van der Waals surface area (Å²) >= 11 is 1.81. The minimum atomic E-state index is -0.250. The zero-order chi connectivity index (χ0) is 20.6. The van der Waals surface area contributed by atoms with Gasteiger partial charge in [0.1, 0.15) is 0 Å². The van der Waals surface area contributed by atoms with Crippen LogP contribution in [0, 0.1) is 14.4 Å². The van der Waals surface area contributed by atoms with E-state index in [0.717, 1.165) is 9.52 Å². The molecule has 0 saturated carbocycles. The number of halogens is 2. The molecule has 164 valence electrons. The van der Waals surface area contributed by atoms with Crippen LogP contribution in [0.4, 0.5) is 0 Å². The molecule has 0 saturated heterocycles. The van der Waals surface area contributed by atoms with Crippen molar-refractivity contribution in [3.63, 3.8) is 0 Å². The van der Waals surface area contributed by atoms with Gasteiger partial charge < -0.3 is 25.2 Å². The van der Waals surface area contributed by atoms with Gasteiger partial charge in [-0.15, -0.1) is 70.1 Å². The summed E-state index contributed by atoms with van der Waals surface area (Å²) in [5.74, 6) is 0. The molecule has 0 heterocycles. The average molecular weight is 504 g/mol. The summed E-state index contributed by atoms with van der Waals surface area (Å²) in [4.78, 5) is 0. The third-order valence-corrected chi connectivity index (χ3v) is 2.52. The van der Waals surface area contributed by atoms with Gasteiger partial charge in [-0.1, -0.05) is 76.9 Å².